The molecule has 0 saturated carbocycles. The van der Waals surface area contributed by atoms with E-state index in [-0.39, 0.29) is 84.2 Å². The lowest BCUT2D eigenvalue weighted by Gasteiger charge is -2.40. The fourth-order valence-corrected chi connectivity index (χ4v) is 6.47. The summed E-state index contributed by atoms with van der Waals surface area (Å²) in [5.41, 5.74) is -0.0616. The van der Waals surface area contributed by atoms with Crippen LogP contribution in [0.15, 0.2) is 54.6 Å². The topological polar surface area (TPSA) is 115 Å². The molecule has 2 aliphatic rings. The molecule has 0 unspecified atom stereocenters. The Hall–Kier alpha value is -4.73. The molecule has 13 heteroatoms. The molecule has 6 rings (SSSR count). The Morgan fingerprint density at radius 1 is 1.09 bits per heavy atom. The number of aromatic nitrogens is 2. The summed E-state index contributed by atoms with van der Waals surface area (Å²) < 4.78 is 43.0. The van der Waals surface area contributed by atoms with E-state index in [9.17, 15) is 19.6 Å². The second-order valence-electron chi connectivity index (χ2n) is 11.7. The highest BCUT2D eigenvalue weighted by Gasteiger charge is 2.34. The number of carbonyl (C=O) groups excluding carboxylic acids is 1. The number of likely N-dealkylation sites (tertiary alicyclic amines) is 1. The van der Waals surface area contributed by atoms with Gasteiger partial charge in [0.1, 0.15) is 36.1 Å². The lowest BCUT2D eigenvalue weighted by atomic mass is 10.0. The lowest BCUT2D eigenvalue weighted by Crippen LogP contribution is -2.55. The number of nitriles is 1. The van der Waals surface area contributed by atoms with Crippen LogP contribution >= 0.6 is 11.6 Å². The molecule has 0 bridgehead atoms. The SMILES string of the molecule is CN1CCC[C@H]1COc1nc(N2CCN(C(=O)OCc3ccccc3)[C@H](CC#N)C2)c2cc(Cl)c(-c3c(O)cccc3F)c(F)c2n1. The highest BCUT2D eigenvalue weighted by Crippen LogP contribution is 2.43. The molecule has 47 heavy (non-hydrogen) atoms. The Morgan fingerprint density at radius 2 is 1.89 bits per heavy atom. The first-order chi connectivity index (χ1) is 22.7. The van der Waals surface area contributed by atoms with Crippen LogP contribution in [0.5, 0.6) is 11.8 Å². The van der Waals surface area contributed by atoms with Gasteiger partial charge in [-0.25, -0.2) is 13.6 Å². The van der Waals surface area contributed by atoms with Crippen LogP contribution < -0.4 is 9.64 Å². The minimum Gasteiger partial charge on any atom is -0.507 e. The number of anilines is 1. The van der Waals surface area contributed by atoms with Crippen molar-refractivity contribution in [2.75, 3.05) is 44.7 Å². The van der Waals surface area contributed by atoms with E-state index in [4.69, 9.17) is 21.1 Å². The van der Waals surface area contributed by atoms with Gasteiger partial charge in [-0.3, -0.25) is 0 Å². The minimum atomic E-state index is -0.948. The molecule has 1 amide bonds. The predicted molar refractivity (Wildman–Crippen MR) is 172 cm³/mol. The highest BCUT2D eigenvalue weighted by atomic mass is 35.5. The molecule has 0 spiro atoms. The third-order valence-corrected chi connectivity index (χ3v) is 9.01. The number of nitrogens with zero attached hydrogens (tertiary/aromatic N) is 6. The van der Waals surface area contributed by atoms with Gasteiger partial charge in [0.15, 0.2) is 5.82 Å². The molecule has 0 radical (unpaired) electrons. The number of phenols is 1. The smallest absolute Gasteiger partial charge is 0.410 e. The van der Waals surface area contributed by atoms with Gasteiger partial charge in [0.25, 0.3) is 0 Å². The first-order valence-electron chi connectivity index (χ1n) is 15.3. The molecular formula is C34H33ClF2N6O4. The van der Waals surface area contributed by atoms with Crippen LogP contribution in [0.4, 0.5) is 19.4 Å². The molecule has 2 aliphatic heterocycles. The Balaban J connectivity index is 1.36. The number of rotatable bonds is 8. The zero-order chi connectivity index (χ0) is 33.1. The molecule has 1 aromatic heterocycles. The number of halogens is 3. The molecule has 2 saturated heterocycles. The number of hydrogen-bond acceptors (Lipinski definition) is 9. The second-order valence-corrected chi connectivity index (χ2v) is 12.1. The Bertz CT molecular complexity index is 1800. The maximum Gasteiger partial charge on any atom is 0.410 e. The second kappa shape index (κ2) is 13.9. The van der Waals surface area contributed by atoms with E-state index in [1.807, 2.05) is 42.3 Å². The van der Waals surface area contributed by atoms with E-state index in [0.29, 0.717) is 0 Å². The molecule has 3 aromatic carbocycles. The third kappa shape index (κ3) is 6.73. The average Bonchev–Trinajstić information content (AvgIpc) is 3.48. The molecule has 244 valence electrons. The van der Waals surface area contributed by atoms with Gasteiger partial charge in [0.2, 0.25) is 0 Å². The normalized spacial score (nSPS) is 18.4. The van der Waals surface area contributed by atoms with Crippen molar-refractivity contribution >= 4 is 34.4 Å². The highest BCUT2D eigenvalue weighted by molar-refractivity contribution is 6.34. The van der Waals surface area contributed by atoms with Crippen molar-refractivity contribution in [3.63, 3.8) is 0 Å². The monoisotopic (exact) mass is 662 g/mol. The van der Waals surface area contributed by atoms with E-state index in [1.165, 1.54) is 23.1 Å². The molecule has 3 heterocycles. The summed E-state index contributed by atoms with van der Waals surface area (Å²) in [5, 5.41) is 20.2. The maximum absolute atomic E-state index is 16.4. The van der Waals surface area contributed by atoms with Crippen molar-refractivity contribution < 1.29 is 28.2 Å². The summed E-state index contributed by atoms with van der Waals surface area (Å²) in [7, 11) is 2.00. The Kier molecular flexibility index (Phi) is 9.56. The number of piperazine rings is 1. The number of benzene rings is 3. The molecule has 4 aromatic rings. The van der Waals surface area contributed by atoms with Crippen LogP contribution in [0, 0.1) is 23.0 Å². The molecule has 2 fully saturated rings. The van der Waals surface area contributed by atoms with Crippen molar-refractivity contribution in [1.29, 1.82) is 5.26 Å². The minimum absolute atomic E-state index is 0.0170. The van der Waals surface area contributed by atoms with Crippen molar-refractivity contribution in [3.05, 3.63) is 76.8 Å². The molecule has 2 atom stereocenters. The number of ether oxygens (including phenoxy) is 2. The number of phenolic OH excluding ortho intramolecular Hbond substituents is 1. The Labute approximate surface area is 275 Å². The number of carbonyl (C=O) groups is 1. The van der Waals surface area contributed by atoms with Gasteiger partial charge in [-0.1, -0.05) is 48.0 Å². The van der Waals surface area contributed by atoms with Crippen LogP contribution in [0.2, 0.25) is 5.02 Å². The first-order valence-corrected chi connectivity index (χ1v) is 15.7. The van der Waals surface area contributed by atoms with Gasteiger partial charge in [-0.2, -0.15) is 15.2 Å². The Morgan fingerprint density at radius 3 is 2.62 bits per heavy atom. The van der Waals surface area contributed by atoms with Crippen LogP contribution in [-0.2, 0) is 11.3 Å². The van der Waals surface area contributed by atoms with Crippen LogP contribution in [0.1, 0.15) is 24.8 Å². The van der Waals surface area contributed by atoms with Gasteiger partial charge in [0.05, 0.1) is 29.1 Å². The summed E-state index contributed by atoms with van der Waals surface area (Å²) in [6.07, 6.45) is 1.42. The number of hydrogen-bond donors (Lipinski definition) is 1. The van der Waals surface area contributed by atoms with Crippen LogP contribution in [-0.4, -0.2) is 82.9 Å². The van der Waals surface area contributed by atoms with E-state index in [0.717, 1.165) is 31.0 Å². The van der Waals surface area contributed by atoms with E-state index < -0.39 is 29.5 Å². The van der Waals surface area contributed by atoms with E-state index >= 15 is 4.39 Å². The fourth-order valence-electron chi connectivity index (χ4n) is 6.19. The van der Waals surface area contributed by atoms with Gasteiger partial charge in [-0.05, 0) is 50.2 Å². The average molecular weight is 663 g/mol. The summed E-state index contributed by atoms with van der Waals surface area (Å²) >= 11 is 6.59. The zero-order valence-electron chi connectivity index (χ0n) is 25.7. The lowest BCUT2D eigenvalue weighted by molar-refractivity contribution is 0.0768. The van der Waals surface area contributed by atoms with E-state index in [1.54, 1.807) is 0 Å². The molecule has 0 aliphatic carbocycles. The summed E-state index contributed by atoms with van der Waals surface area (Å²) in [6.45, 7) is 1.94. The quantitative estimate of drug-likeness (QED) is 0.237. The van der Waals surface area contributed by atoms with Gasteiger partial charge < -0.3 is 29.3 Å². The van der Waals surface area contributed by atoms with Gasteiger partial charge in [0, 0.05) is 36.6 Å². The standard InChI is InChI=1S/C34H33ClF2N6O4/c1-41-14-6-9-23(41)20-46-33-39-31-24(17-25(35)28(30(31)37)29-26(36)10-5-11-27(29)44)32(40-33)42-15-16-43(22(18-42)12-13-38)34(45)47-19-21-7-3-2-4-8-21/h2-5,7-8,10-11,17,22-23,44H,6,9,12,14-16,18-20H2,1H3/t22-,23+/m1/s1. The van der Waals surface area contributed by atoms with E-state index in [2.05, 4.69) is 20.9 Å². The molecule has 10 nitrogen and oxygen atoms in total. The number of fused-ring (bicyclic) bond motifs is 1. The van der Waals surface area contributed by atoms with Crippen LogP contribution in [0.3, 0.4) is 0 Å². The number of amides is 1. The maximum atomic E-state index is 16.4. The number of aromatic hydroxyl groups is 1. The van der Waals surface area contributed by atoms with Crippen molar-refractivity contribution in [2.24, 2.45) is 0 Å². The largest absolute Gasteiger partial charge is 0.507 e. The van der Waals surface area contributed by atoms with Gasteiger partial charge in [-0.15, -0.1) is 0 Å². The first kappa shape index (κ1) is 32.2. The molecular weight excluding hydrogens is 630 g/mol. The van der Waals surface area contributed by atoms with Crippen molar-refractivity contribution in [1.82, 2.24) is 19.8 Å². The fraction of sp³-hybridized carbons (Fsp3) is 0.353. The third-order valence-electron chi connectivity index (χ3n) is 8.71. The predicted octanol–water partition coefficient (Wildman–Crippen LogP) is 6.15. The van der Waals surface area contributed by atoms with Crippen molar-refractivity contribution in [2.45, 2.75) is 38.0 Å². The number of likely N-dealkylation sites (N-methyl/N-ethyl adjacent to an activating group) is 1. The van der Waals surface area contributed by atoms with Crippen LogP contribution in [0.25, 0.3) is 22.0 Å². The summed E-state index contributed by atoms with van der Waals surface area (Å²) in [5.74, 6) is -1.99. The zero-order valence-corrected chi connectivity index (χ0v) is 26.5. The summed E-state index contributed by atoms with van der Waals surface area (Å²) in [6, 6.07) is 16.0. The van der Waals surface area contributed by atoms with Gasteiger partial charge >= 0.3 is 12.1 Å². The summed E-state index contributed by atoms with van der Waals surface area (Å²) in [4.78, 5) is 27.7. The molecule has 1 N–H and O–H groups in total. The van der Waals surface area contributed by atoms with Crippen molar-refractivity contribution in [3.8, 4) is 29.0 Å².